The van der Waals surface area contributed by atoms with E-state index in [1.54, 1.807) is 7.05 Å². The van der Waals surface area contributed by atoms with E-state index in [0.717, 1.165) is 6.42 Å². The lowest BCUT2D eigenvalue weighted by Gasteiger charge is -2.27. The monoisotopic (exact) mass is 292 g/mol. The highest BCUT2D eigenvalue weighted by molar-refractivity contribution is 5.94. The molecule has 0 aliphatic carbocycles. The summed E-state index contributed by atoms with van der Waals surface area (Å²) in [6.45, 7) is 2.10. The van der Waals surface area contributed by atoms with E-state index >= 15 is 0 Å². The largest absolute Gasteiger partial charge is 0.480 e. The Morgan fingerprint density at radius 2 is 1.95 bits per heavy atom. The Kier molecular flexibility index (Phi) is 4.47. The van der Waals surface area contributed by atoms with Crippen LogP contribution in [-0.2, 0) is 11.2 Å². The average molecular weight is 292 g/mol. The van der Waals surface area contributed by atoms with Crippen LogP contribution in [0.15, 0.2) is 24.3 Å². The van der Waals surface area contributed by atoms with Crippen molar-refractivity contribution in [1.82, 2.24) is 4.90 Å². The highest BCUT2D eigenvalue weighted by atomic mass is 16.4. The second-order valence-electron chi connectivity index (χ2n) is 5.26. The molecule has 6 heteroatoms. The minimum atomic E-state index is -1.09. The smallest absolute Gasteiger partial charge is 0.326 e. The zero-order valence-electron chi connectivity index (χ0n) is 12.2. The molecule has 0 spiro atoms. The van der Waals surface area contributed by atoms with Crippen molar-refractivity contribution < 1.29 is 19.8 Å². The molecule has 1 aromatic carbocycles. The number of carboxylic acid groups (broad SMARTS) is 1. The Balaban J connectivity index is 2.15. The standard InChI is InChI=1S/C15H20N2O4/c1-3-10-4-6-11(7-5-10)16(2)15(21)17-9-12(18)8-13(17)14(19)20/h4-7,12-13,18H,3,8-9H2,1-2H3,(H,19,20)/t12-,13+/m1/s1. The van der Waals surface area contributed by atoms with Crippen molar-refractivity contribution in [2.45, 2.75) is 31.9 Å². The van der Waals surface area contributed by atoms with Gasteiger partial charge >= 0.3 is 12.0 Å². The molecule has 2 amide bonds. The van der Waals surface area contributed by atoms with Gasteiger partial charge in [0, 0.05) is 25.7 Å². The first kappa shape index (κ1) is 15.3. The maximum Gasteiger partial charge on any atom is 0.326 e. The number of likely N-dealkylation sites (tertiary alicyclic amines) is 1. The minimum absolute atomic E-state index is 0.0488. The number of rotatable bonds is 3. The number of benzene rings is 1. The Hall–Kier alpha value is -2.08. The van der Waals surface area contributed by atoms with Crippen molar-refractivity contribution in [3.05, 3.63) is 29.8 Å². The second-order valence-corrected chi connectivity index (χ2v) is 5.26. The Morgan fingerprint density at radius 1 is 1.33 bits per heavy atom. The summed E-state index contributed by atoms with van der Waals surface area (Å²) >= 11 is 0. The van der Waals surface area contributed by atoms with E-state index < -0.39 is 24.1 Å². The number of urea groups is 1. The Labute approximate surface area is 123 Å². The van der Waals surface area contributed by atoms with E-state index in [-0.39, 0.29) is 13.0 Å². The summed E-state index contributed by atoms with van der Waals surface area (Å²) in [6.07, 6.45) is 0.201. The van der Waals surface area contributed by atoms with Gasteiger partial charge in [0.15, 0.2) is 0 Å². The molecule has 1 heterocycles. The molecule has 0 radical (unpaired) electrons. The molecule has 21 heavy (non-hydrogen) atoms. The molecule has 1 aliphatic rings. The van der Waals surface area contributed by atoms with Crippen LogP contribution in [0.25, 0.3) is 0 Å². The molecule has 0 saturated carbocycles. The molecule has 114 valence electrons. The Bertz CT molecular complexity index is 529. The third-order valence-corrected chi connectivity index (χ3v) is 3.83. The van der Waals surface area contributed by atoms with Crippen LogP contribution in [0.3, 0.4) is 0 Å². The number of carboxylic acids is 1. The summed E-state index contributed by atoms with van der Waals surface area (Å²) in [5.41, 5.74) is 1.86. The number of nitrogens with zero attached hydrogens (tertiary/aromatic N) is 2. The predicted octanol–water partition coefficient (Wildman–Crippen LogP) is 1.32. The zero-order valence-corrected chi connectivity index (χ0v) is 12.2. The first-order valence-electron chi connectivity index (χ1n) is 6.98. The lowest BCUT2D eigenvalue weighted by Crippen LogP contribution is -2.47. The number of amides is 2. The van der Waals surface area contributed by atoms with Gasteiger partial charge in [-0.1, -0.05) is 19.1 Å². The summed E-state index contributed by atoms with van der Waals surface area (Å²) in [5, 5.41) is 18.8. The van der Waals surface area contributed by atoms with Crippen LogP contribution in [0, 0.1) is 0 Å². The number of hydrogen-bond donors (Lipinski definition) is 2. The molecule has 1 aromatic rings. The SMILES string of the molecule is CCc1ccc(N(C)C(=O)N2C[C@H](O)C[C@H]2C(=O)O)cc1. The number of aliphatic carboxylic acids is 1. The third kappa shape index (κ3) is 3.16. The molecule has 1 fully saturated rings. The van der Waals surface area contributed by atoms with Gasteiger partial charge in [-0.15, -0.1) is 0 Å². The number of aliphatic hydroxyl groups excluding tert-OH is 1. The Morgan fingerprint density at radius 3 is 2.48 bits per heavy atom. The van der Waals surface area contributed by atoms with Gasteiger partial charge in [-0.3, -0.25) is 4.90 Å². The quantitative estimate of drug-likeness (QED) is 0.880. The van der Waals surface area contributed by atoms with Crippen LogP contribution < -0.4 is 4.90 Å². The topological polar surface area (TPSA) is 81.1 Å². The summed E-state index contributed by atoms with van der Waals surface area (Å²) in [6, 6.07) is 6.16. The first-order chi connectivity index (χ1) is 9.93. The van der Waals surface area contributed by atoms with Crippen molar-refractivity contribution in [2.75, 3.05) is 18.5 Å². The van der Waals surface area contributed by atoms with E-state index in [1.165, 1.54) is 15.4 Å². The number of carbonyl (C=O) groups is 2. The van der Waals surface area contributed by atoms with Gasteiger partial charge in [0.1, 0.15) is 6.04 Å². The second kappa shape index (κ2) is 6.13. The van der Waals surface area contributed by atoms with E-state index in [2.05, 4.69) is 0 Å². The van der Waals surface area contributed by atoms with Crippen LogP contribution in [0.4, 0.5) is 10.5 Å². The lowest BCUT2D eigenvalue weighted by atomic mass is 10.1. The number of carbonyl (C=O) groups excluding carboxylic acids is 1. The number of β-amino-alcohol motifs (C(OH)–C–C–N with tert-alkyl or cyclic N) is 1. The summed E-state index contributed by atoms with van der Waals surface area (Å²) in [7, 11) is 1.60. The van der Waals surface area contributed by atoms with Gasteiger partial charge in [-0.25, -0.2) is 9.59 Å². The molecule has 0 unspecified atom stereocenters. The first-order valence-corrected chi connectivity index (χ1v) is 6.98. The number of aliphatic hydroxyl groups is 1. The fraction of sp³-hybridized carbons (Fsp3) is 0.467. The summed E-state index contributed by atoms with van der Waals surface area (Å²) in [4.78, 5) is 26.2. The molecule has 1 aliphatic heterocycles. The number of anilines is 1. The van der Waals surface area contributed by atoms with Gasteiger partial charge < -0.3 is 15.1 Å². The van der Waals surface area contributed by atoms with Crippen molar-refractivity contribution in [2.24, 2.45) is 0 Å². The molecule has 2 rings (SSSR count). The zero-order chi connectivity index (χ0) is 15.6. The predicted molar refractivity (Wildman–Crippen MR) is 78.4 cm³/mol. The highest BCUT2D eigenvalue weighted by Gasteiger charge is 2.40. The van der Waals surface area contributed by atoms with Crippen molar-refractivity contribution in [3.63, 3.8) is 0 Å². The molecule has 6 nitrogen and oxygen atoms in total. The lowest BCUT2D eigenvalue weighted by molar-refractivity contribution is -0.141. The van der Waals surface area contributed by atoms with Crippen molar-refractivity contribution in [3.8, 4) is 0 Å². The molecular formula is C15H20N2O4. The van der Waals surface area contributed by atoms with Crippen LogP contribution in [-0.4, -0.2) is 52.9 Å². The van der Waals surface area contributed by atoms with E-state index in [0.29, 0.717) is 5.69 Å². The van der Waals surface area contributed by atoms with E-state index in [4.69, 9.17) is 5.11 Å². The normalized spacial score (nSPS) is 21.4. The highest BCUT2D eigenvalue weighted by Crippen LogP contribution is 2.22. The van der Waals surface area contributed by atoms with Gasteiger partial charge in [0.05, 0.1) is 6.10 Å². The molecule has 1 saturated heterocycles. The van der Waals surface area contributed by atoms with Crippen LogP contribution >= 0.6 is 0 Å². The van der Waals surface area contributed by atoms with Gasteiger partial charge in [-0.2, -0.15) is 0 Å². The molecule has 0 aromatic heterocycles. The molecule has 2 N–H and O–H groups in total. The third-order valence-electron chi connectivity index (χ3n) is 3.83. The van der Waals surface area contributed by atoms with E-state index in [9.17, 15) is 14.7 Å². The van der Waals surface area contributed by atoms with Gasteiger partial charge in [0.25, 0.3) is 0 Å². The number of aryl methyl sites for hydroxylation is 1. The van der Waals surface area contributed by atoms with Crippen LogP contribution in [0.5, 0.6) is 0 Å². The van der Waals surface area contributed by atoms with Gasteiger partial charge in [0.2, 0.25) is 0 Å². The van der Waals surface area contributed by atoms with Crippen LogP contribution in [0.1, 0.15) is 18.9 Å². The minimum Gasteiger partial charge on any atom is -0.480 e. The van der Waals surface area contributed by atoms with Crippen molar-refractivity contribution >= 4 is 17.7 Å². The summed E-state index contributed by atoms with van der Waals surface area (Å²) < 4.78 is 0. The summed E-state index contributed by atoms with van der Waals surface area (Å²) in [5.74, 6) is -1.09. The molecule has 2 atom stereocenters. The fourth-order valence-corrected chi connectivity index (χ4v) is 2.52. The maximum absolute atomic E-state index is 12.4. The molecule has 0 bridgehead atoms. The van der Waals surface area contributed by atoms with Gasteiger partial charge in [-0.05, 0) is 24.1 Å². The van der Waals surface area contributed by atoms with E-state index in [1.807, 2.05) is 31.2 Å². The molecular weight excluding hydrogens is 272 g/mol. The average Bonchev–Trinajstić information content (AvgIpc) is 2.88. The van der Waals surface area contributed by atoms with Crippen molar-refractivity contribution in [1.29, 1.82) is 0 Å². The van der Waals surface area contributed by atoms with Crippen LogP contribution in [0.2, 0.25) is 0 Å². The maximum atomic E-state index is 12.4. The number of hydrogen-bond acceptors (Lipinski definition) is 3. The fourth-order valence-electron chi connectivity index (χ4n) is 2.52.